The van der Waals surface area contributed by atoms with Crippen LogP contribution in [0.1, 0.15) is 5.56 Å². The molecule has 0 bridgehead atoms. The SMILES string of the molecule is N#CCS(=O)(=O)N1CCc2c(N)cccc21. The van der Waals surface area contributed by atoms with Gasteiger partial charge in [-0.1, -0.05) is 6.07 Å². The van der Waals surface area contributed by atoms with Gasteiger partial charge in [0, 0.05) is 17.8 Å². The summed E-state index contributed by atoms with van der Waals surface area (Å²) < 4.78 is 24.8. The number of hydrogen-bond donors (Lipinski definition) is 1. The zero-order chi connectivity index (χ0) is 11.8. The topological polar surface area (TPSA) is 87.2 Å². The number of nitrogens with zero attached hydrogens (tertiary/aromatic N) is 2. The fourth-order valence-electron chi connectivity index (χ4n) is 1.88. The van der Waals surface area contributed by atoms with Crippen molar-refractivity contribution in [3.8, 4) is 6.07 Å². The highest BCUT2D eigenvalue weighted by Gasteiger charge is 2.29. The van der Waals surface area contributed by atoms with Gasteiger partial charge in [-0.15, -0.1) is 0 Å². The lowest BCUT2D eigenvalue weighted by Gasteiger charge is -2.17. The second-order valence-electron chi connectivity index (χ2n) is 3.58. The second-order valence-corrected chi connectivity index (χ2v) is 5.47. The van der Waals surface area contributed by atoms with Crippen LogP contribution in [-0.2, 0) is 16.4 Å². The van der Waals surface area contributed by atoms with Crippen molar-refractivity contribution in [2.75, 3.05) is 22.3 Å². The van der Waals surface area contributed by atoms with Gasteiger partial charge < -0.3 is 5.73 Å². The van der Waals surface area contributed by atoms with Crippen LogP contribution in [0.4, 0.5) is 11.4 Å². The van der Waals surface area contributed by atoms with Crippen LogP contribution in [0.25, 0.3) is 0 Å². The van der Waals surface area contributed by atoms with Gasteiger partial charge in [0.1, 0.15) is 0 Å². The van der Waals surface area contributed by atoms with Crippen molar-refractivity contribution in [3.05, 3.63) is 23.8 Å². The molecule has 1 aliphatic heterocycles. The van der Waals surface area contributed by atoms with Crippen LogP contribution in [0.5, 0.6) is 0 Å². The Morgan fingerprint density at radius 3 is 2.94 bits per heavy atom. The third kappa shape index (κ3) is 1.59. The number of nitrogen functional groups attached to an aromatic ring is 1. The first-order chi connectivity index (χ1) is 7.56. The molecule has 0 unspecified atom stereocenters. The molecule has 1 heterocycles. The number of fused-ring (bicyclic) bond motifs is 1. The molecule has 1 aromatic carbocycles. The maximum atomic E-state index is 11.8. The number of rotatable bonds is 2. The summed E-state index contributed by atoms with van der Waals surface area (Å²) in [5, 5.41) is 8.48. The molecule has 0 saturated heterocycles. The lowest BCUT2D eigenvalue weighted by molar-refractivity contribution is 0.595. The molecule has 0 spiro atoms. The van der Waals surface area contributed by atoms with Gasteiger partial charge in [0.05, 0.1) is 11.8 Å². The Balaban J connectivity index is 2.46. The van der Waals surface area contributed by atoms with Crippen LogP contribution in [0.2, 0.25) is 0 Å². The largest absolute Gasteiger partial charge is 0.398 e. The highest BCUT2D eigenvalue weighted by Crippen LogP contribution is 2.33. The van der Waals surface area contributed by atoms with Crippen LogP contribution >= 0.6 is 0 Å². The molecule has 0 amide bonds. The molecule has 2 N–H and O–H groups in total. The van der Waals surface area contributed by atoms with Crippen molar-refractivity contribution in [3.63, 3.8) is 0 Å². The Labute approximate surface area is 94.1 Å². The summed E-state index contributed by atoms with van der Waals surface area (Å²) in [6.45, 7) is 0.369. The smallest absolute Gasteiger partial charge is 0.248 e. The first-order valence-corrected chi connectivity index (χ1v) is 6.42. The molecule has 16 heavy (non-hydrogen) atoms. The van der Waals surface area contributed by atoms with Gasteiger partial charge in [-0.25, -0.2) is 8.42 Å². The van der Waals surface area contributed by atoms with Crippen molar-refractivity contribution in [2.24, 2.45) is 0 Å². The summed E-state index contributed by atoms with van der Waals surface area (Å²) in [5.41, 5.74) is 7.83. The van der Waals surface area contributed by atoms with Gasteiger partial charge in [0.15, 0.2) is 5.75 Å². The predicted molar refractivity (Wildman–Crippen MR) is 61.3 cm³/mol. The average Bonchev–Trinajstić information content (AvgIpc) is 2.63. The van der Waals surface area contributed by atoms with Gasteiger partial charge >= 0.3 is 0 Å². The van der Waals surface area contributed by atoms with Crippen molar-refractivity contribution in [1.82, 2.24) is 0 Å². The highest BCUT2D eigenvalue weighted by molar-refractivity contribution is 7.93. The number of nitriles is 1. The molecule has 1 aliphatic rings. The van der Waals surface area contributed by atoms with Crippen molar-refractivity contribution >= 4 is 21.4 Å². The second kappa shape index (κ2) is 3.68. The predicted octanol–water partition coefficient (Wildman–Crippen LogP) is 0.485. The van der Waals surface area contributed by atoms with Crippen LogP contribution in [-0.4, -0.2) is 20.7 Å². The van der Waals surface area contributed by atoms with Gasteiger partial charge in [-0.05, 0) is 18.6 Å². The molecule has 0 aromatic heterocycles. The number of nitrogens with two attached hydrogens (primary N) is 1. The minimum Gasteiger partial charge on any atom is -0.398 e. The van der Waals surface area contributed by atoms with E-state index in [0.29, 0.717) is 24.3 Å². The molecule has 0 fully saturated rings. The van der Waals surface area contributed by atoms with E-state index in [0.717, 1.165) is 5.56 Å². The van der Waals surface area contributed by atoms with Crippen molar-refractivity contribution < 1.29 is 8.42 Å². The van der Waals surface area contributed by atoms with E-state index >= 15 is 0 Å². The lowest BCUT2D eigenvalue weighted by Crippen LogP contribution is -2.30. The standard InChI is InChI=1S/C10H11N3O2S/c11-5-7-16(14,15)13-6-4-8-9(12)2-1-3-10(8)13/h1-3H,4,6-7,12H2. The quantitative estimate of drug-likeness (QED) is 0.758. The summed E-state index contributed by atoms with van der Waals surface area (Å²) in [7, 11) is -3.52. The molecule has 5 nitrogen and oxygen atoms in total. The Bertz CT molecular complexity index is 560. The Morgan fingerprint density at radius 1 is 1.50 bits per heavy atom. The summed E-state index contributed by atoms with van der Waals surface area (Å²) in [6, 6.07) is 6.85. The third-order valence-corrected chi connectivity index (χ3v) is 4.15. The van der Waals surface area contributed by atoms with Gasteiger partial charge in [0.2, 0.25) is 10.0 Å². The van der Waals surface area contributed by atoms with Crippen molar-refractivity contribution in [2.45, 2.75) is 6.42 Å². The van der Waals surface area contributed by atoms with Crippen molar-refractivity contribution in [1.29, 1.82) is 5.26 Å². The molecule has 0 saturated carbocycles. The zero-order valence-electron chi connectivity index (χ0n) is 8.55. The fraction of sp³-hybridized carbons (Fsp3) is 0.300. The first-order valence-electron chi connectivity index (χ1n) is 4.81. The summed E-state index contributed by atoms with van der Waals surface area (Å²) in [4.78, 5) is 0. The highest BCUT2D eigenvalue weighted by atomic mass is 32.2. The van der Waals surface area contributed by atoms with Crippen LogP contribution in [0.3, 0.4) is 0 Å². The number of benzene rings is 1. The van der Waals surface area contributed by atoms with E-state index in [9.17, 15) is 8.42 Å². The fourth-order valence-corrected chi connectivity index (χ4v) is 3.04. The molecular weight excluding hydrogens is 226 g/mol. The average molecular weight is 237 g/mol. The Hall–Kier alpha value is -1.74. The molecule has 0 radical (unpaired) electrons. The van der Waals surface area contributed by atoms with Crippen LogP contribution in [0, 0.1) is 11.3 Å². The minimum atomic E-state index is -3.52. The minimum absolute atomic E-state index is 0.369. The summed E-state index contributed by atoms with van der Waals surface area (Å²) in [6.07, 6.45) is 0.604. The van der Waals surface area contributed by atoms with E-state index in [1.54, 1.807) is 24.3 Å². The molecule has 0 atom stereocenters. The number of sulfonamides is 1. The molecule has 0 aliphatic carbocycles. The summed E-state index contributed by atoms with van der Waals surface area (Å²) in [5.74, 6) is -0.499. The molecule has 1 aromatic rings. The van der Waals surface area contributed by atoms with E-state index in [2.05, 4.69) is 0 Å². The maximum Gasteiger partial charge on any atom is 0.248 e. The van der Waals surface area contributed by atoms with Gasteiger partial charge in [-0.3, -0.25) is 4.31 Å². The maximum absolute atomic E-state index is 11.8. The van der Waals surface area contributed by atoms with E-state index in [1.165, 1.54) is 4.31 Å². The third-order valence-electron chi connectivity index (χ3n) is 2.60. The lowest BCUT2D eigenvalue weighted by atomic mass is 10.1. The number of hydrogen-bond acceptors (Lipinski definition) is 4. The van der Waals surface area contributed by atoms with E-state index in [4.69, 9.17) is 11.0 Å². The Morgan fingerprint density at radius 2 is 2.25 bits per heavy atom. The van der Waals surface area contributed by atoms with E-state index < -0.39 is 15.8 Å². The van der Waals surface area contributed by atoms with E-state index in [-0.39, 0.29) is 0 Å². The molecule has 6 heteroatoms. The zero-order valence-corrected chi connectivity index (χ0v) is 9.37. The van der Waals surface area contributed by atoms with Crippen LogP contribution < -0.4 is 10.0 Å². The monoisotopic (exact) mass is 237 g/mol. The first kappa shape index (κ1) is 10.8. The van der Waals surface area contributed by atoms with Crippen LogP contribution in [0.15, 0.2) is 18.2 Å². The van der Waals surface area contributed by atoms with Gasteiger partial charge in [-0.2, -0.15) is 5.26 Å². The Kier molecular flexibility index (Phi) is 2.48. The molecule has 2 rings (SSSR count). The summed E-state index contributed by atoms with van der Waals surface area (Å²) >= 11 is 0. The molecule has 84 valence electrons. The van der Waals surface area contributed by atoms with Gasteiger partial charge in [0.25, 0.3) is 0 Å². The molecular formula is C10H11N3O2S. The van der Waals surface area contributed by atoms with E-state index in [1.807, 2.05) is 0 Å². The number of anilines is 2. The normalized spacial score (nSPS) is 14.6.